The lowest BCUT2D eigenvalue weighted by Gasteiger charge is -2.31. The molecule has 0 unspecified atom stereocenters. The van der Waals surface area contributed by atoms with Gasteiger partial charge in [-0.15, -0.1) is 0 Å². The van der Waals surface area contributed by atoms with Gasteiger partial charge in [-0.3, -0.25) is 4.79 Å². The second kappa shape index (κ2) is 9.69. The quantitative estimate of drug-likeness (QED) is 0.671. The van der Waals surface area contributed by atoms with Gasteiger partial charge >= 0.3 is 0 Å². The first-order valence-electron chi connectivity index (χ1n) is 9.64. The summed E-state index contributed by atoms with van der Waals surface area (Å²) in [6.07, 6.45) is 2.77. The van der Waals surface area contributed by atoms with Crippen LogP contribution in [0.5, 0.6) is 0 Å². The Kier molecular flexibility index (Phi) is 7.27. The highest BCUT2D eigenvalue weighted by atomic mass is 35.5. The van der Waals surface area contributed by atoms with Crippen LogP contribution in [0.1, 0.15) is 24.8 Å². The van der Waals surface area contributed by atoms with Gasteiger partial charge < -0.3 is 5.32 Å². The second-order valence-corrected chi connectivity index (χ2v) is 9.55. The molecule has 0 aliphatic carbocycles. The van der Waals surface area contributed by atoms with Gasteiger partial charge in [-0.25, -0.2) is 12.8 Å². The molecule has 1 aliphatic rings. The zero-order chi connectivity index (χ0) is 20.9. The molecular weight excluding hydrogens is 415 g/mol. The highest BCUT2D eigenvalue weighted by molar-refractivity contribution is 7.89. The van der Waals surface area contributed by atoms with Crippen LogP contribution in [0.25, 0.3) is 0 Å². The monoisotopic (exact) mass is 438 g/mol. The van der Waals surface area contributed by atoms with Crippen molar-refractivity contribution in [2.75, 3.05) is 19.6 Å². The number of nitrogens with zero attached hydrogens (tertiary/aromatic N) is 1. The van der Waals surface area contributed by atoms with Gasteiger partial charge in [0.05, 0.1) is 10.8 Å². The maximum absolute atomic E-state index is 12.9. The molecule has 0 spiro atoms. The predicted octanol–water partition coefficient (Wildman–Crippen LogP) is 3.63. The van der Waals surface area contributed by atoms with Crippen molar-refractivity contribution in [2.24, 2.45) is 5.92 Å². The molecule has 2 aromatic carbocycles. The van der Waals surface area contributed by atoms with E-state index < -0.39 is 10.0 Å². The van der Waals surface area contributed by atoms with Crippen LogP contribution in [0.15, 0.2) is 53.4 Å². The molecule has 156 valence electrons. The van der Waals surface area contributed by atoms with Crippen molar-refractivity contribution < 1.29 is 17.6 Å². The van der Waals surface area contributed by atoms with E-state index in [1.54, 1.807) is 24.3 Å². The smallest absolute Gasteiger partial charge is 0.243 e. The van der Waals surface area contributed by atoms with Crippen molar-refractivity contribution in [3.63, 3.8) is 0 Å². The molecule has 1 fully saturated rings. The van der Waals surface area contributed by atoms with Crippen molar-refractivity contribution in [1.29, 1.82) is 0 Å². The summed E-state index contributed by atoms with van der Waals surface area (Å²) in [5.74, 6) is -0.755. The van der Waals surface area contributed by atoms with Gasteiger partial charge in [-0.2, -0.15) is 4.31 Å². The van der Waals surface area contributed by atoms with Crippen LogP contribution in [0.2, 0.25) is 5.02 Å². The van der Waals surface area contributed by atoms with E-state index in [0.717, 1.165) is 18.4 Å². The molecule has 0 radical (unpaired) electrons. The average Bonchev–Trinajstić information content (AvgIpc) is 2.73. The Hall–Kier alpha value is -1.96. The Balaban J connectivity index is 1.51. The maximum Gasteiger partial charge on any atom is 0.243 e. The number of halogens is 2. The second-order valence-electron chi connectivity index (χ2n) is 7.18. The predicted molar refractivity (Wildman–Crippen MR) is 111 cm³/mol. The van der Waals surface area contributed by atoms with Crippen LogP contribution >= 0.6 is 11.6 Å². The molecule has 1 atom stereocenters. The Morgan fingerprint density at radius 3 is 2.52 bits per heavy atom. The third-order valence-electron chi connectivity index (χ3n) is 5.06. The first kappa shape index (κ1) is 21.7. The molecule has 3 rings (SSSR count). The number of benzene rings is 2. The van der Waals surface area contributed by atoms with E-state index in [2.05, 4.69) is 5.32 Å². The van der Waals surface area contributed by atoms with Crippen molar-refractivity contribution >= 4 is 27.5 Å². The topological polar surface area (TPSA) is 66.5 Å². The van der Waals surface area contributed by atoms with Gasteiger partial charge in [0.1, 0.15) is 5.82 Å². The number of carbonyl (C=O) groups is 1. The largest absolute Gasteiger partial charge is 0.356 e. The van der Waals surface area contributed by atoms with Crippen LogP contribution in [-0.4, -0.2) is 38.3 Å². The van der Waals surface area contributed by atoms with Crippen molar-refractivity contribution in [3.05, 3.63) is 64.9 Å². The highest BCUT2D eigenvalue weighted by Gasteiger charge is 2.33. The fourth-order valence-electron chi connectivity index (χ4n) is 3.43. The molecule has 29 heavy (non-hydrogen) atoms. The van der Waals surface area contributed by atoms with Crippen LogP contribution < -0.4 is 5.32 Å². The first-order valence-corrected chi connectivity index (χ1v) is 11.5. The Labute approximate surface area is 175 Å². The molecule has 0 aromatic heterocycles. The van der Waals surface area contributed by atoms with E-state index in [-0.39, 0.29) is 29.1 Å². The van der Waals surface area contributed by atoms with Crippen LogP contribution in [-0.2, 0) is 21.2 Å². The summed E-state index contributed by atoms with van der Waals surface area (Å²) in [5.41, 5.74) is 1.01. The summed E-state index contributed by atoms with van der Waals surface area (Å²) in [6.45, 7) is 1.07. The molecule has 1 saturated heterocycles. The minimum Gasteiger partial charge on any atom is -0.356 e. The number of rotatable bonds is 7. The Morgan fingerprint density at radius 1 is 1.14 bits per heavy atom. The number of carbonyl (C=O) groups excluding carboxylic acids is 1. The molecule has 1 N–H and O–H groups in total. The minimum atomic E-state index is -3.65. The number of amides is 1. The number of piperidine rings is 1. The first-order chi connectivity index (χ1) is 13.9. The number of aryl methyl sites for hydroxylation is 1. The molecule has 0 saturated carbocycles. The van der Waals surface area contributed by atoms with E-state index in [1.165, 1.54) is 28.6 Å². The highest BCUT2D eigenvalue weighted by Crippen LogP contribution is 2.24. The Morgan fingerprint density at radius 2 is 1.83 bits per heavy atom. The number of hydrogen-bond donors (Lipinski definition) is 1. The summed E-state index contributed by atoms with van der Waals surface area (Å²) in [5, 5.41) is 3.37. The van der Waals surface area contributed by atoms with E-state index in [0.29, 0.717) is 31.0 Å². The molecule has 0 bridgehead atoms. The standard InChI is InChI=1S/C21H24ClFN2O3S/c22-18-7-11-20(12-8-18)29(27,28)25-14-2-4-17(15-25)21(26)24-13-1-3-16-5-9-19(23)10-6-16/h5-12,17H,1-4,13-15H2,(H,24,26)/t17-/m0/s1. The number of hydrogen-bond acceptors (Lipinski definition) is 3. The normalized spacial score (nSPS) is 17.8. The lowest BCUT2D eigenvalue weighted by atomic mass is 9.99. The molecule has 5 nitrogen and oxygen atoms in total. The number of sulfonamides is 1. The molecule has 8 heteroatoms. The summed E-state index contributed by atoms with van der Waals surface area (Å²) < 4.78 is 40.0. The zero-order valence-corrected chi connectivity index (χ0v) is 17.6. The molecule has 2 aromatic rings. The van der Waals surface area contributed by atoms with Crippen LogP contribution in [0.3, 0.4) is 0 Å². The van der Waals surface area contributed by atoms with E-state index in [1.807, 2.05) is 0 Å². The molecular formula is C21H24ClFN2O3S. The summed E-state index contributed by atoms with van der Waals surface area (Å²) >= 11 is 5.84. The van der Waals surface area contributed by atoms with Crippen LogP contribution in [0, 0.1) is 11.7 Å². The van der Waals surface area contributed by atoms with Crippen molar-refractivity contribution in [1.82, 2.24) is 9.62 Å². The minimum absolute atomic E-state index is 0.125. The van der Waals surface area contributed by atoms with Gasteiger partial charge in [-0.1, -0.05) is 23.7 Å². The SMILES string of the molecule is O=C(NCCCc1ccc(F)cc1)[C@H]1CCCN(S(=O)(=O)c2ccc(Cl)cc2)C1. The van der Waals surface area contributed by atoms with Crippen molar-refractivity contribution in [3.8, 4) is 0 Å². The fourth-order valence-corrected chi connectivity index (χ4v) is 5.08. The Bertz CT molecular complexity index is 933. The van der Waals surface area contributed by atoms with E-state index in [9.17, 15) is 17.6 Å². The van der Waals surface area contributed by atoms with E-state index >= 15 is 0 Å². The summed E-state index contributed by atoms with van der Waals surface area (Å²) in [4.78, 5) is 12.7. The van der Waals surface area contributed by atoms with Gasteiger partial charge in [0.25, 0.3) is 0 Å². The van der Waals surface area contributed by atoms with Gasteiger partial charge in [0.15, 0.2) is 0 Å². The van der Waals surface area contributed by atoms with Crippen LogP contribution in [0.4, 0.5) is 4.39 Å². The summed E-state index contributed by atoms with van der Waals surface area (Å²) in [6, 6.07) is 12.4. The lowest BCUT2D eigenvalue weighted by molar-refractivity contribution is -0.126. The number of nitrogens with one attached hydrogen (secondary N) is 1. The van der Waals surface area contributed by atoms with E-state index in [4.69, 9.17) is 11.6 Å². The molecule has 1 amide bonds. The lowest BCUT2D eigenvalue weighted by Crippen LogP contribution is -2.45. The molecule has 1 aliphatic heterocycles. The zero-order valence-electron chi connectivity index (χ0n) is 16.0. The van der Waals surface area contributed by atoms with Crippen molar-refractivity contribution in [2.45, 2.75) is 30.6 Å². The molecule has 1 heterocycles. The summed E-state index contributed by atoms with van der Waals surface area (Å²) in [7, 11) is -3.65. The van der Waals surface area contributed by atoms with Gasteiger partial charge in [-0.05, 0) is 67.6 Å². The van der Waals surface area contributed by atoms with Gasteiger partial charge in [0.2, 0.25) is 15.9 Å². The third kappa shape index (κ3) is 5.78. The third-order valence-corrected chi connectivity index (χ3v) is 7.19. The maximum atomic E-state index is 12.9. The fraction of sp³-hybridized carbons (Fsp3) is 0.381. The average molecular weight is 439 g/mol. The van der Waals surface area contributed by atoms with Gasteiger partial charge in [0, 0.05) is 24.7 Å².